The minimum atomic E-state index is -0.926. The summed E-state index contributed by atoms with van der Waals surface area (Å²) in [5.74, 6) is 0.216. The third-order valence-electron chi connectivity index (χ3n) is 1.69. The fourth-order valence-corrected chi connectivity index (χ4v) is 1.01. The molecule has 1 aromatic heterocycles. The molecule has 0 fully saturated rings. The van der Waals surface area contributed by atoms with Gasteiger partial charge in [-0.15, -0.1) is 0 Å². The van der Waals surface area contributed by atoms with Crippen LogP contribution in [0, 0.1) is 0 Å². The van der Waals surface area contributed by atoms with Gasteiger partial charge in [0, 0.05) is 13.0 Å². The number of anilines is 1. The molecule has 0 aliphatic carbocycles. The minimum Gasteiger partial charge on any atom is -0.489 e. The number of hydrogen-bond acceptors (Lipinski definition) is 5. The zero-order chi connectivity index (χ0) is 12.0. The monoisotopic (exact) mass is 226 g/mol. The quantitative estimate of drug-likeness (QED) is 0.645. The molecule has 3 N–H and O–H groups in total. The summed E-state index contributed by atoms with van der Waals surface area (Å²) in [5, 5.41) is 20.2. The van der Waals surface area contributed by atoms with Crippen LogP contribution in [0.25, 0.3) is 0 Å². The van der Waals surface area contributed by atoms with Crippen molar-refractivity contribution in [2.45, 2.75) is 13.0 Å². The highest BCUT2D eigenvalue weighted by Crippen LogP contribution is 2.15. The van der Waals surface area contributed by atoms with Crippen LogP contribution >= 0.6 is 0 Å². The van der Waals surface area contributed by atoms with E-state index in [1.54, 1.807) is 6.07 Å². The molecule has 0 aromatic carbocycles. The first-order valence-corrected chi connectivity index (χ1v) is 4.76. The molecule has 88 valence electrons. The van der Waals surface area contributed by atoms with Crippen molar-refractivity contribution in [3.8, 4) is 5.75 Å². The number of ether oxygens (including phenoxy) is 1. The van der Waals surface area contributed by atoms with Crippen LogP contribution in [0.4, 0.5) is 5.69 Å². The van der Waals surface area contributed by atoms with E-state index in [0.717, 1.165) is 0 Å². The van der Waals surface area contributed by atoms with E-state index in [9.17, 15) is 4.79 Å². The van der Waals surface area contributed by atoms with Crippen LogP contribution in [0.15, 0.2) is 18.5 Å². The maximum atomic E-state index is 10.8. The molecule has 0 aliphatic rings. The van der Waals surface area contributed by atoms with Gasteiger partial charge in [-0.1, -0.05) is 0 Å². The summed E-state index contributed by atoms with van der Waals surface area (Å²) in [7, 11) is 0. The molecule has 0 unspecified atom stereocenters. The molecule has 1 amide bonds. The molecule has 0 aliphatic heterocycles. The van der Waals surface area contributed by atoms with Gasteiger partial charge in [-0.2, -0.15) is 0 Å². The van der Waals surface area contributed by atoms with E-state index in [4.69, 9.17) is 14.9 Å². The first-order valence-electron chi connectivity index (χ1n) is 4.76. The van der Waals surface area contributed by atoms with Crippen LogP contribution in [0.5, 0.6) is 5.75 Å². The number of nitrogens with one attached hydrogen (secondary N) is 1. The Bertz CT molecular complexity index is 356. The van der Waals surface area contributed by atoms with Gasteiger partial charge >= 0.3 is 0 Å². The number of aromatic nitrogens is 1. The molecule has 1 atom stereocenters. The Hall–Kier alpha value is -1.66. The maximum absolute atomic E-state index is 10.8. The number of pyridine rings is 1. The van der Waals surface area contributed by atoms with E-state index in [1.165, 1.54) is 19.3 Å². The van der Waals surface area contributed by atoms with Crippen molar-refractivity contribution < 1.29 is 19.7 Å². The summed E-state index contributed by atoms with van der Waals surface area (Å²) in [6, 6.07) is 1.58. The molecule has 0 bridgehead atoms. The molecular formula is C10H14N2O4. The van der Waals surface area contributed by atoms with Crippen LogP contribution in [0.1, 0.15) is 6.92 Å². The lowest BCUT2D eigenvalue weighted by atomic mass is 10.4. The van der Waals surface area contributed by atoms with Crippen molar-refractivity contribution in [2.75, 3.05) is 18.5 Å². The predicted molar refractivity (Wildman–Crippen MR) is 57.1 cm³/mol. The second-order valence-electron chi connectivity index (χ2n) is 3.24. The molecule has 16 heavy (non-hydrogen) atoms. The highest BCUT2D eigenvalue weighted by Gasteiger charge is 2.04. The summed E-state index contributed by atoms with van der Waals surface area (Å²) >= 11 is 0. The molecule has 6 heteroatoms. The predicted octanol–water partition coefficient (Wildman–Crippen LogP) is -0.228. The zero-order valence-corrected chi connectivity index (χ0v) is 8.88. The Morgan fingerprint density at radius 2 is 2.38 bits per heavy atom. The smallest absolute Gasteiger partial charge is 0.221 e. The van der Waals surface area contributed by atoms with Gasteiger partial charge in [0.05, 0.1) is 24.7 Å². The van der Waals surface area contributed by atoms with E-state index in [1.807, 2.05) is 0 Å². The Morgan fingerprint density at radius 1 is 1.62 bits per heavy atom. The van der Waals surface area contributed by atoms with Crippen LogP contribution in [0.2, 0.25) is 0 Å². The second-order valence-corrected chi connectivity index (χ2v) is 3.24. The number of aliphatic hydroxyl groups excluding tert-OH is 2. The van der Waals surface area contributed by atoms with Gasteiger partial charge in [-0.05, 0) is 0 Å². The number of carbonyl (C=O) groups excluding carboxylic acids is 1. The number of hydrogen-bond donors (Lipinski definition) is 3. The van der Waals surface area contributed by atoms with E-state index < -0.39 is 6.10 Å². The molecule has 6 nitrogen and oxygen atoms in total. The summed E-state index contributed by atoms with van der Waals surface area (Å²) < 4.78 is 5.16. The van der Waals surface area contributed by atoms with Gasteiger partial charge in [0.15, 0.2) is 0 Å². The van der Waals surface area contributed by atoms with Gasteiger partial charge in [0.25, 0.3) is 0 Å². The average molecular weight is 226 g/mol. The number of carbonyl (C=O) groups is 1. The number of rotatable bonds is 5. The fraction of sp³-hybridized carbons (Fsp3) is 0.400. The van der Waals surface area contributed by atoms with Crippen molar-refractivity contribution in [1.82, 2.24) is 4.98 Å². The molecule has 0 spiro atoms. The summed E-state index contributed by atoms with van der Waals surface area (Å²) in [4.78, 5) is 14.6. The zero-order valence-electron chi connectivity index (χ0n) is 8.88. The second kappa shape index (κ2) is 6.04. The molecule has 1 heterocycles. The van der Waals surface area contributed by atoms with Gasteiger partial charge in [-0.3, -0.25) is 9.78 Å². The maximum Gasteiger partial charge on any atom is 0.221 e. The fourth-order valence-electron chi connectivity index (χ4n) is 1.01. The van der Waals surface area contributed by atoms with Crippen molar-refractivity contribution in [3.63, 3.8) is 0 Å². The van der Waals surface area contributed by atoms with E-state index in [0.29, 0.717) is 11.4 Å². The number of amides is 1. The van der Waals surface area contributed by atoms with E-state index >= 15 is 0 Å². The summed E-state index contributed by atoms with van der Waals surface area (Å²) in [5.41, 5.74) is 0.517. The topological polar surface area (TPSA) is 91.7 Å². The number of aliphatic hydroxyl groups is 2. The summed E-state index contributed by atoms with van der Waals surface area (Å²) in [6.45, 7) is 1.00. The molecule has 0 saturated heterocycles. The first kappa shape index (κ1) is 12.4. The molecule has 0 saturated carbocycles. The SMILES string of the molecule is CC(=O)Nc1cncc(OC[C@@H](O)CO)c1. The highest BCUT2D eigenvalue weighted by atomic mass is 16.5. The molecule has 0 radical (unpaired) electrons. The lowest BCUT2D eigenvalue weighted by Gasteiger charge is -2.10. The van der Waals surface area contributed by atoms with E-state index in [-0.39, 0.29) is 19.1 Å². The standard InChI is InChI=1S/C10H14N2O4/c1-7(14)12-8-2-10(4-11-3-8)16-6-9(15)5-13/h2-4,9,13,15H,5-6H2,1H3,(H,12,14)/t9-/m0/s1. The van der Waals surface area contributed by atoms with Crippen LogP contribution < -0.4 is 10.1 Å². The lowest BCUT2D eigenvalue weighted by Crippen LogP contribution is -2.21. The van der Waals surface area contributed by atoms with Gasteiger partial charge in [0.1, 0.15) is 18.5 Å². The van der Waals surface area contributed by atoms with Gasteiger partial charge < -0.3 is 20.3 Å². The lowest BCUT2D eigenvalue weighted by molar-refractivity contribution is -0.114. The largest absolute Gasteiger partial charge is 0.489 e. The Balaban J connectivity index is 2.56. The molecule has 1 aromatic rings. The summed E-state index contributed by atoms with van der Waals surface area (Å²) in [6.07, 6.45) is 2.01. The van der Waals surface area contributed by atoms with Crippen LogP contribution in [0.3, 0.4) is 0 Å². The van der Waals surface area contributed by atoms with Crippen LogP contribution in [-0.4, -0.2) is 40.4 Å². The van der Waals surface area contributed by atoms with Crippen molar-refractivity contribution in [3.05, 3.63) is 18.5 Å². The Labute approximate surface area is 92.9 Å². The van der Waals surface area contributed by atoms with E-state index in [2.05, 4.69) is 10.3 Å². The third-order valence-corrected chi connectivity index (χ3v) is 1.69. The number of nitrogens with zero attached hydrogens (tertiary/aromatic N) is 1. The molecule has 1 rings (SSSR count). The minimum absolute atomic E-state index is 0.0261. The van der Waals surface area contributed by atoms with Crippen molar-refractivity contribution in [2.24, 2.45) is 0 Å². The normalized spacial score (nSPS) is 11.9. The highest BCUT2D eigenvalue weighted by molar-refractivity contribution is 5.88. The van der Waals surface area contributed by atoms with Crippen LogP contribution in [-0.2, 0) is 4.79 Å². The Kier molecular flexibility index (Phi) is 4.68. The third kappa shape index (κ3) is 4.24. The first-order chi connectivity index (χ1) is 7.61. The average Bonchev–Trinajstić information content (AvgIpc) is 2.25. The van der Waals surface area contributed by atoms with Crippen molar-refractivity contribution >= 4 is 11.6 Å². The van der Waals surface area contributed by atoms with Gasteiger partial charge in [0.2, 0.25) is 5.91 Å². The van der Waals surface area contributed by atoms with Gasteiger partial charge in [-0.25, -0.2) is 0 Å². The van der Waals surface area contributed by atoms with Crippen molar-refractivity contribution in [1.29, 1.82) is 0 Å². The molecular weight excluding hydrogens is 212 g/mol. The Morgan fingerprint density at radius 3 is 3.00 bits per heavy atom.